The Morgan fingerprint density at radius 2 is 0.515 bits per heavy atom. The normalized spacial score (nSPS) is 14.2. The number of hydrogen-bond donors (Lipinski definition) is 4. The van der Waals surface area contributed by atoms with E-state index in [0.717, 1.165) is 0 Å². The monoisotopic (exact) mass is 944 g/mol. The van der Waals surface area contributed by atoms with Crippen LogP contribution in [0.4, 0.5) is 41.9 Å². The molecule has 0 atom stereocenters. The molecule has 5 rings (SSSR count). The summed E-state index contributed by atoms with van der Waals surface area (Å²) in [6.07, 6.45) is -2.31. The summed E-state index contributed by atoms with van der Waals surface area (Å²) in [5, 5.41) is 11.0. The summed E-state index contributed by atoms with van der Waals surface area (Å²) >= 11 is 0. The number of nitrogens with one attached hydrogen (secondary N) is 4. The minimum Gasteiger partial charge on any atom is -0.497 e. The van der Waals surface area contributed by atoms with Crippen LogP contribution in [-0.2, 0) is 18.9 Å². The molecule has 20 nitrogen and oxygen atoms in total. The third-order valence-corrected chi connectivity index (χ3v) is 10.8. The number of benzene rings is 4. The molecule has 0 saturated carbocycles. The van der Waals surface area contributed by atoms with Crippen molar-refractivity contribution in [1.82, 2.24) is 19.6 Å². The first-order chi connectivity index (χ1) is 33.1. The van der Waals surface area contributed by atoms with E-state index in [0.29, 0.717) is 124 Å². The maximum atomic E-state index is 12.8. The van der Waals surface area contributed by atoms with E-state index < -0.39 is 24.4 Å². The van der Waals surface area contributed by atoms with Crippen molar-refractivity contribution >= 4 is 47.1 Å². The molecule has 0 unspecified atom stereocenters. The van der Waals surface area contributed by atoms with Crippen molar-refractivity contribution in [2.45, 2.75) is 0 Å². The van der Waals surface area contributed by atoms with Gasteiger partial charge in [-0.2, -0.15) is 0 Å². The molecule has 1 saturated heterocycles. The second-order valence-corrected chi connectivity index (χ2v) is 15.3. The lowest BCUT2D eigenvalue weighted by molar-refractivity contribution is 0.0849. The lowest BCUT2D eigenvalue weighted by Gasteiger charge is -2.34. The van der Waals surface area contributed by atoms with Gasteiger partial charge < -0.3 is 37.9 Å². The summed E-state index contributed by atoms with van der Waals surface area (Å²) in [7, 11) is 6.29. The van der Waals surface area contributed by atoms with Crippen molar-refractivity contribution in [2.75, 3.05) is 155 Å². The Kier molecular flexibility index (Phi) is 22.1. The van der Waals surface area contributed by atoms with E-state index in [9.17, 15) is 19.2 Å². The highest BCUT2D eigenvalue weighted by Gasteiger charge is 2.19. The highest BCUT2D eigenvalue weighted by atomic mass is 16.6. The largest absolute Gasteiger partial charge is 0.497 e. The maximum Gasteiger partial charge on any atom is 0.411 e. The quantitative estimate of drug-likeness (QED) is 0.0725. The predicted molar refractivity (Wildman–Crippen MR) is 258 cm³/mol. The zero-order chi connectivity index (χ0) is 48.4. The van der Waals surface area contributed by atoms with Crippen molar-refractivity contribution < 1.29 is 57.1 Å². The van der Waals surface area contributed by atoms with E-state index >= 15 is 0 Å². The van der Waals surface area contributed by atoms with Crippen molar-refractivity contribution in [1.29, 1.82) is 0 Å². The number of carbonyl (C=O) groups excluding carboxylic acids is 4. The topological polar surface area (TPSA) is 203 Å². The number of carbonyl (C=O) groups is 4. The van der Waals surface area contributed by atoms with Crippen LogP contribution in [0.15, 0.2) is 97.1 Å². The molecule has 0 aromatic heterocycles. The van der Waals surface area contributed by atoms with Gasteiger partial charge in [0.25, 0.3) is 0 Å². The summed E-state index contributed by atoms with van der Waals surface area (Å²) in [5.41, 5.74) is 2.30. The van der Waals surface area contributed by atoms with Crippen LogP contribution in [0.1, 0.15) is 0 Å². The Balaban J connectivity index is 1.22. The molecule has 68 heavy (non-hydrogen) atoms. The van der Waals surface area contributed by atoms with Gasteiger partial charge in [0, 0.05) is 101 Å². The number of ether oxygens (including phenoxy) is 8. The predicted octanol–water partition coefficient (Wildman–Crippen LogP) is 6.24. The van der Waals surface area contributed by atoms with E-state index in [4.69, 9.17) is 37.9 Å². The van der Waals surface area contributed by atoms with Gasteiger partial charge in [-0.15, -0.1) is 0 Å². The first kappa shape index (κ1) is 52.0. The molecule has 368 valence electrons. The summed E-state index contributed by atoms with van der Waals surface area (Å²) in [4.78, 5) is 59.9. The van der Waals surface area contributed by atoms with Gasteiger partial charge in [0.1, 0.15) is 49.4 Å². The molecule has 0 aliphatic carbocycles. The Bertz CT molecular complexity index is 1800. The Labute approximate surface area is 397 Å². The van der Waals surface area contributed by atoms with Crippen LogP contribution in [-0.4, -0.2) is 177 Å². The fourth-order valence-electron chi connectivity index (χ4n) is 6.86. The van der Waals surface area contributed by atoms with E-state index in [2.05, 4.69) is 40.9 Å². The van der Waals surface area contributed by atoms with Crippen molar-refractivity contribution in [3.63, 3.8) is 0 Å². The molecular weight excluding hydrogens is 881 g/mol. The van der Waals surface area contributed by atoms with E-state index in [1.54, 1.807) is 126 Å². The maximum absolute atomic E-state index is 12.8. The molecule has 4 aromatic rings. The molecule has 0 spiro atoms. The minimum absolute atomic E-state index is 0.130. The SMILES string of the molecule is COc1ccc(NC(=O)OCCN2CCN(CCOC(=O)Nc3ccc(OC)cc3)CCN(CCOC(=O)Nc3ccc(OC)cc3)CCN(CCOC(=O)Nc3ccc(OC)cc3)CC2)cc1. The van der Waals surface area contributed by atoms with Crippen molar-refractivity contribution in [3.05, 3.63) is 97.1 Å². The van der Waals surface area contributed by atoms with Gasteiger partial charge in [0.2, 0.25) is 0 Å². The molecular formula is C48H64N8O12. The van der Waals surface area contributed by atoms with Crippen LogP contribution in [0.3, 0.4) is 0 Å². The van der Waals surface area contributed by atoms with Gasteiger partial charge in [-0.05, 0) is 97.1 Å². The molecule has 0 bridgehead atoms. The second kappa shape index (κ2) is 28.9. The van der Waals surface area contributed by atoms with Crippen LogP contribution in [0.2, 0.25) is 0 Å². The zero-order valence-electron chi connectivity index (χ0n) is 39.2. The number of hydrogen-bond acceptors (Lipinski definition) is 16. The molecule has 4 amide bonds. The van der Waals surface area contributed by atoms with Gasteiger partial charge in [0.15, 0.2) is 0 Å². The van der Waals surface area contributed by atoms with Crippen LogP contribution >= 0.6 is 0 Å². The molecule has 4 aromatic carbocycles. The Morgan fingerprint density at radius 3 is 0.676 bits per heavy atom. The summed E-state index contributed by atoms with van der Waals surface area (Å²) in [5.74, 6) is 2.67. The number of nitrogens with zero attached hydrogens (tertiary/aromatic N) is 4. The number of methoxy groups -OCH3 is 4. The molecule has 4 N–H and O–H groups in total. The molecule has 0 radical (unpaired) electrons. The summed E-state index contributed by atoms with van der Waals surface area (Å²) in [6.45, 7) is 7.12. The number of anilines is 4. The average Bonchev–Trinajstić information content (AvgIpc) is 3.35. The standard InChI is InChI=1S/C48H64N8O12/c1-61-41-13-5-37(6-14-41)49-45(57)65-33-29-53-21-23-54(30-34-66-46(58)50-38-7-15-42(62-2)16-8-38)25-27-56(32-36-68-48(60)52-40-11-19-44(64-4)20-12-40)28-26-55(24-22-53)31-35-67-47(59)51-39-9-17-43(63-3)18-10-39/h5-20H,21-36H2,1-4H3,(H,49,57)(H,50,58)(H,51,59)(H,52,60). The lowest BCUT2D eigenvalue weighted by Crippen LogP contribution is -2.48. The molecule has 1 fully saturated rings. The van der Waals surface area contributed by atoms with Crippen LogP contribution in [0.25, 0.3) is 0 Å². The lowest BCUT2D eigenvalue weighted by atomic mass is 10.3. The van der Waals surface area contributed by atoms with Crippen LogP contribution < -0.4 is 40.2 Å². The summed E-state index contributed by atoms with van der Waals surface area (Å²) in [6, 6.07) is 27.8. The first-order valence-corrected chi connectivity index (χ1v) is 22.3. The Hall–Kier alpha value is -7.00. The second-order valence-electron chi connectivity index (χ2n) is 15.3. The minimum atomic E-state index is -0.579. The van der Waals surface area contributed by atoms with Crippen molar-refractivity contribution in [3.8, 4) is 23.0 Å². The van der Waals surface area contributed by atoms with Gasteiger partial charge in [-0.25, -0.2) is 19.2 Å². The van der Waals surface area contributed by atoms with E-state index in [1.807, 2.05) is 0 Å². The zero-order valence-corrected chi connectivity index (χ0v) is 39.2. The molecule has 1 aliphatic rings. The third-order valence-electron chi connectivity index (χ3n) is 10.8. The average molecular weight is 945 g/mol. The van der Waals surface area contributed by atoms with Gasteiger partial charge in [-0.3, -0.25) is 40.9 Å². The fourth-order valence-corrected chi connectivity index (χ4v) is 6.86. The molecule has 20 heteroatoms. The first-order valence-electron chi connectivity index (χ1n) is 22.3. The Morgan fingerprint density at radius 1 is 0.338 bits per heavy atom. The third kappa shape index (κ3) is 19.5. The van der Waals surface area contributed by atoms with Crippen molar-refractivity contribution in [2.24, 2.45) is 0 Å². The fraction of sp³-hybridized carbons (Fsp3) is 0.417. The van der Waals surface area contributed by atoms with E-state index in [-0.39, 0.29) is 26.4 Å². The molecule has 1 heterocycles. The highest BCUT2D eigenvalue weighted by Crippen LogP contribution is 2.18. The van der Waals surface area contributed by atoms with Crippen LogP contribution in [0, 0.1) is 0 Å². The smallest absolute Gasteiger partial charge is 0.411 e. The summed E-state index contributed by atoms with van der Waals surface area (Å²) < 4.78 is 43.2. The number of amides is 4. The molecule has 1 aliphatic heterocycles. The van der Waals surface area contributed by atoms with Gasteiger partial charge in [0.05, 0.1) is 28.4 Å². The van der Waals surface area contributed by atoms with Gasteiger partial charge in [-0.1, -0.05) is 0 Å². The van der Waals surface area contributed by atoms with Crippen LogP contribution in [0.5, 0.6) is 23.0 Å². The van der Waals surface area contributed by atoms with Gasteiger partial charge >= 0.3 is 24.4 Å². The highest BCUT2D eigenvalue weighted by molar-refractivity contribution is 5.86. The number of rotatable bonds is 20. The van der Waals surface area contributed by atoms with E-state index in [1.165, 1.54) is 0 Å².